The second kappa shape index (κ2) is 9.59. The van der Waals surface area contributed by atoms with Gasteiger partial charge in [-0.05, 0) is 68.1 Å². The first kappa shape index (κ1) is 23.6. The molecule has 1 N–H and O–H groups in total. The molecule has 2 aromatic rings. The van der Waals surface area contributed by atoms with Crippen molar-refractivity contribution in [1.29, 1.82) is 5.26 Å². The van der Waals surface area contributed by atoms with Crippen LogP contribution >= 0.6 is 0 Å². The molecule has 1 atom stereocenters. The molecule has 0 amide bonds. The van der Waals surface area contributed by atoms with E-state index < -0.39 is 27.8 Å². The van der Waals surface area contributed by atoms with E-state index in [-0.39, 0.29) is 19.3 Å². The molecule has 1 aliphatic rings. The highest BCUT2D eigenvalue weighted by atomic mass is 32.2. The molecule has 0 spiro atoms. The number of sulfonamides is 1. The van der Waals surface area contributed by atoms with Crippen molar-refractivity contribution < 1.29 is 27.8 Å². The third-order valence-corrected chi connectivity index (χ3v) is 7.02. The van der Waals surface area contributed by atoms with Crippen LogP contribution in [0, 0.1) is 11.3 Å². The van der Waals surface area contributed by atoms with Crippen LogP contribution in [0.3, 0.4) is 0 Å². The Labute approximate surface area is 188 Å². The molecule has 1 heterocycles. The van der Waals surface area contributed by atoms with Gasteiger partial charge in [0.25, 0.3) is 0 Å². The number of nitriles is 1. The molecule has 1 unspecified atom stereocenters. The maximum absolute atomic E-state index is 12.4. The molecule has 3 rings (SSSR count). The minimum atomic E-state index is -3.88. The maximum atomic E-state index is 12.4. The summed E-state index contributed by atoms with van der Waals surface area (Å²) in [5, 5.41) is 18.3. The Morgan fingerprint density at radius 2 is 2.03 bits per heavy atom. The van der Waals surface area contributed by atoms with Gasteiger partial charge >= 0.3 is 5.97 Å². The number of ether oxygens (including phenoxy) is 2. The molecule has 8 nitrogen and oxygen atoms in total. The smallest absolute Gasteiger partial charge is 0.320 e. The maximum Gasteiger partial charge on any atom is 0.320 e. The van der Waals surface area contributed by atoms with Crippen molar-refractivity contribution in [2.75, 3.05) is 12.3 Å². The minimum absolute atomic E-state index is 0.0304. The van der Waals surface area contributed by atoms with Crippen molar-refractivity contribution in [2.24, 2.45) is 0 Å². The van der Waals surface area contributed by atoms with E-state index >= 15 is 0 Å². The average Bonchev–Trinajstić information content (AvgIpc) is 2.71. The Morgan fingerprint density at radius 3 is 2.69 bits per heavy atom. The quantitative estimate of drug-likeness (QED) is 0.645. The summed E-state index contributed by atoms with van der Waals surface area (Å²) in [4.78, 5) is 10.9. The van der Waals surface area contributed by atoms with Gasteiger partial charge < -0.3 is 14.6 Å². The van der Waals surface area contributed by atoms with E-state index in [9.17, 15) is 18.5 Å². The van der Waals surface area contributed by atoms with Gasteiger partial charge in [0.2, 0.25) is 10.0 Å². The number of hydrogen-bond donors (Lipinski definition) is 1. The summed E-state index contributed by atoms with van der Waals surface area (Å²) in [6.45, 7) is 6.04. The van der Waals surface area contributed by atoms with Crippen LogP contribution in [0.2, 0.25) is 0 Å². The van der Waals surface area contributed by atoms with Crippen molar-refractivity contribution >= 4 is 16.0 Å². The zero-order valence-electron chi connectivity index (χ0n) is 18.2. The molecular weight excluding hydrogens is 432 g/mol. The molecule has 32 heavy (non-hydrogen) atoms. The van der Waals surface area contributed by atoms with Crippen LogP contribution in [0.1, 0.15) is 49.1 Å². The predicted molar refractivity (Wildman–Crippen MR) is 118 cm³/mol. The summed E-state index contributed by atoms with van der Waals surface area (Å²) in [6.07, 6.45) is 0.437. The standard InChI is InChI=1S/C23H26N2O6S/c1-15(2)31-22-7-4-17(10-19(22)12-24)13-30-20-5-6-21-16(3)25(9-8-18(21)11-20)32(28,29)14-23(26)27/h4-7,10-11,15-16H,8-9,13-14H2,1-3H3,(H,26,27). The lowest BCUT2D eigenvalue weighted by atomic mass is 9.95. The molecule has 170 valence electrons. The average molecular weight is 459 g/mol. The van der Waals surface area contributed by atoms with Gasteiger partial charge in [-0.1, -0.05) is 12.1 Å². The fourth-order valence-corrected chi connectivity index (χ4v) is 5.21. The summed E-state index contributed by atoms with van der Waals surface area (Å²) in [7, 11) is -3.88. The largest absolute Gasteiger partial charge is 0.490 e. The molecule has 0 saturated heterocycles. The molecule has 0 saturated carbocycles. The van der Waals surface area contributed by atoms with Gasteiger partial charge in [0.1, 0.15) is 24.2 Å². The first-order chi connectivity index (χ1) is 15.1. The lowest BCUT2D eigenvalue weighted by Crippen LogP contribution is -2.41. The van der Waals surface area contributed by atoms with E-state index in [1.165, 1.54) is 4.31 Å². The number of nitrogens with zero attached hydrogens (tertiary/aromatic N) is 2. The molecule has 0 aromatic heterocycles. The van der Waals surface area contributed by atoms with Gasteiger partial charge in [-0.15, -0.1) is 0 Å². The number of carbonyl (C=O) groups is 1. The third-order valence-electron chi connectivity index (χ3n) is 5.19. The number of aliphatic carboxylic acids is 1. The minimum Gasteiger partial charge on any atom is -0.490 e. The molecule has 0 aliphatic carbocycles. The molecule has 9 heteroatoms. The fourth-order valence-electron chi connectivity index (χ4n) is 3.77. The summed E-state index contributed by atoms with van der Waals surface area (Å²) in [5.74, 6) is -1.11. The van der Waals surface area contributed by atoms with Crippen LogP contribution in [-0.2, 0) is 27.8 Å². The van der Waals surface area contributed by atoms with E-state index in [1.807, 2.05) is 32.0 Å². The first-order valence-corrected chi connectivity index (χ1v) is 11.9. The van der Waals surface area contributed by atoms with E-state index in [0.717, 1.165) is 16.7 Å². The molecular formula is C23H26N2O6S. The normalized spacial score (nSPS) is 16.3. The number of carboxylic acid groups (broad SMARTS) is 1. The van der Waals surface area contributed by atoms with Gasteiger partial charge in [-0.25, -0.2) is 8.42 Å². The van der Waals surface area contributed by atoms with Crippen LogP contribution in [-0.4, -0.2) is 42.2 Å². The highest BCUT2D eigenvalue weighted by Gasteiger charge is 2.34. The van der Waals surface area contributed by atoms with Gasteiger partial charge in [-0.2, -0.15) is 9.57 Å². The molecule has 0 fully saturated rings. The topological polar surface area (TPSA) is 117 Å². The summed E-state index contributed by atoms with van der Waals surface area (Å²) in [6, 6.07) is 12.5. The van der Waals surface area contributed by atoms with Gasteiger partial charge in [0.15, 0.2) is 5.75 Å². The van der Waals surface area contributed by atoms with Crippen molar-refractivity contribution in [1.82, 2.24) is 4.31 Å². The number of hydrogen-bond acceptors (Lipinski definition) is 6. The Bertz CT molecular complexity index is 1150. The number of benzene rings is 2. The van der Waals surface area contributed by atoms with Gasteiger partial charge in [-0.3, -0.25) is 4.79 Å². The fraction of sp³-hybridized carbons (Fsp3) is 0.391. The van der Waals surface area contributed by atoms with Crippen LogP contribution in [0.4, 0.5) is 0 Å². The van der Waals surface area contributed by atoms with Crippen molar-refractivity contribution in [3.8, 4) is 17.6 Å². The van der Waals surface area contributed by atoms with Crippen LogP contribution < -0.4 is 9.47 Å². The highest BCUT2D eigenvalue weighted by Crippen LogP contribution is 2.34. The highest BCUT2D eigenvalue weighted by molar-refractivity contribution is 7.89. The molecule has 1 aliphatic heterocycles. The zero-order valence-corrected chi connectivity index (χ0v) is 19.1. The number of rotatable bonds is 8. The monoisotopic (exact) mass is 458 g/mol. The van der Waals surface area contributed by atoms with Gasteiger partial charge in [0.05, 0.1) is 11.7 Å². The first-order valence-electron chi connectivity index (χ1n) is 10.3. The van der Waals surface area contributed by atoms with E-state index in [2.05, 4.69) is 6.07 Å². The second-order valence-electron chi connectivity index (χ2n) is 7.94. The predicted octanol–water partition coefficient (Wildman–Crippen LogP) is 3.26. The SMILES string of the molecule is CC(C)Oc1ccc(COc2ccc3c(c2)CCN(S(=O)(=O)CC(=O)O)C3C)cc1C#N. The lowest BCUT2D eigenvalue weighted by Gasteiger charge is -2.34. The van der Waals surface area contributed by atoms with E-state index in [1.54, 1.807) is 25.1 Å². The third kappa shape index (κ3) is 5.39. The van der Waals surface area contributed by atoms with Crippen molar-refractivity contribution in [3.05, 3.63) is 58.7 Å². The summed E-state index contributed by atoms with van der Waals surface area (Å²) >= 11 is 0. The van der Waals surface area contributed by atoms with Crippen LogP contribution in [0.5, 0.6) is 11.5 Å². The summed E-state index contributed by atoms with van der Waals surface area (Å²) in [5.41, 5.74) is 3.08. The Balaban J connectivity index is 1.72. The summed E-state index contributed by atoms with van der Waals surface area (Å²) < 4.78 is 37.5. The Kier molecular flexibility index (Phi) is 7.06. The van der Waals surface area contributed by atoms with Gasteiger partial charge in [0, 0.05) is 12.6 Å². The zero-order chi connectivity index (χ0) is 23.5. The van der Waals surface area contributed by atoms with Crippen molar-refractivity contribution in [3.63, 3.8) is 0 Å². The molecule has 0 radical (unpaired) electrons. The Morgan fingerprint density at radius 1 is 1.28 bits per heavy atom. The molecule has 0 bridgehead atoms. The van der Waals surface area contributed by atoms with E-state index in [4.69, 9.17) is 14.6 Å². The van der Waals surface area contributed by atoms with Crippen LogP contribution in [0.25, 0.3) is 0 Å². The van der Waals surface area contributed by atoms with Crippen molar-refractivity contribution in [2.45, 2.75) is 45.9 Å². The number of fused-ring (bicyclic) bond motifs is 1. The molecule has 2 aromatic carbocycles. The second-order valence-corrected chi connectivity index (χ2v) is 9.87. The lowest BCUT2D eigenvalue weighted by molar-refractivity contribution is -0.134. The Hall–Kier alpha value is -3.09. The van der Waals surface area contributed by atoms with E-state index in [0.29, 0.717) is 23.5 Å². The van der Waals surface area contributed by atoms with Crippen LogP contribution in [0.15, 0.2) is 36.4 Å². The number of carboxylic acids is 1.